The Hall–Kier alpha value is -2.73. The van der Waals surface area contributed by atoms with E-state index in [4.69, 9.17) is 4.74 Å². The minimum atomic E-state index is -0.457. The van der Waals surface area contributed by atoms with Crippen LogP contribution in [-0.2, 0) is 4.74 Å². The summed E-state index contributed by atoms with van der Waals surface area (Å²) in [6.07, 6.45) is 1.25. The predicted octanol–water partition coefficient (Wildman–Crippen LogP) is 3.22. The van der Waals surface area contributed by atoms with Gasteiger partial charge < -0.3 is 9.64 Å². The van der Waals surface area contributed by atoms with Gasteiger partial charge in [-0.15, -0.1) is 0 Å². The molecule has 0 saturated carbocycles. The number of carbonyl (C=O) groups excluding carboxylic acids is 1. The molecule has 5 nitrogen and oxygen atoms in total. The molecule has 0 bridgehead atoms. The third-order valence-corrected chi connectivity index (χ3v) is 4.53. The van der Waals surface area contributed by atoms with E-state index in [2.05, 4.69) is 10.2 Å². The van der Waals surface area contributed by atoms with E-state index >= 15 is 0 Å². The summed E-state index contributed by atoms with van der Waals surface area (Å²) in [7, 11) is 0. The number of nitrogens with one attached hydrogen (secondary N) is 1. The van der Waals surface area contributed by atoms with Crippen LogP contribution in [0.1, 0.15) is 27.6 Å². The van der Waals surface area contributed by atoms with Crippen LogP contribution in [0.4, 0.5) is 4.39 Å². The lowest BCUT2D eigenvalue weighted by molar-refractivity contribution is -0.0242. The van der Waals surface area contributed by atoms with E-state index in [0.29, 0.717) is 30.8 Å². The Morgan fingerprint density at radius 1 is 1.36 bits per heavy atom. The number of halogens is 1. The highest BCUT2D eigenvalue weighted by Gasteiger charge is 2.28. The maximum Gasteiger partial charge on any atom is 0.256 e. The molecular weight excluding hydrogens is 321 g/mol. The molecule has 3 aromatic rings. The van der Waals surface area contributed by atoms with Gasteiger partial charge in [-0.05, 0) is 30.7 Å². The molecule has 1 aliphatic rings. The quantitative estimate of drug-likeness (QED) is 0.780. The van der Waals surface area contributed by atoms with Gasteiger partial charge in [-0.2, -0.15) is 5.10 Å². The first kappa shape index (κ1) is 15.8. The Kier molecular flexibility index (Phi) is 3.97. The number of carbonyl (C=O) groups is 1. The summed E-state index contributed by atoms with van der Waals surface area (Å²) in [6, 6.07) is 10.4. The number of nitrogens with zero attached hydrogens (tertiary/aromatic N) is 2. The van der Waals surface area contributed by atoms with Gasteiger partial charge in [0.05, 0.1) is 30.4 Å². The van der Waals surface area contributed by atoms with Crippen molar-refractivity contribution >= 4 is 16.8 Å². The summed E-state index contributed by atoms with van der Waals surface area (Å²) in [5.41, 5.74) is 2.79. The van der Waals surface area contributed by atoms with Crippen molar-refractivity contribution in [3.63, 3.8) is 0 Å². The largest absolute Gasteiger partial charge is 0.370 e. The molecule has 1 saturated heterocycles. The van der Waals surface area contributed by atoms with Crippen molar-refractivity contribution in [2.24, 2.45) is 0 Å². The summed E-state index contributed by atoms with van der Waals surface area (Å²) in [5, 5.41) is 7.84. The number of fused-ring (bicyclic) bond motifs is 1. The van der Waals surface area contributed by atoms with Crippen LogP contribution >= 0.6 is 0 Å². The molecule has 1 fully saturated rings. The topological polar surface area (TPSA) is 58.2 Å². The Morgan fingerprint density at radius 3 is 3.04 bits per heavy atom. The Bertz CT molecular complexity index is 937. The van der Waals surface area contributed by atoms with Gasteiger partial charge >= 0.3 is 0 Å². The molecule has 1 N–H and O–H groups in total. The molecule has 128 valence electrons. The fourth-order valence-electron chi connectivity index (χ4n) is 3.30. The van der Waals surface area contributed by atoms with Gasteiger partial charge in [-0.3, -0.25) is 9.89 Å². The fraction of sp³-hybridized carbons (Fsp3) is 0.263. The monoisotopic (exact) mass is 339 g/mol. The summed E-state index contributed by atoms with van der Waals surface area (Å²) < 4.78 is 19.8. The van der Waals surface area contributed by atoms with E-state index < -0.39 is 6.10 Å². The molecule has 4 rings (SSSR count). The second kappa shape index (κ2) is 6.29. The van der Waals surface area contributed by atoms with E-state index in [1.54, 1.807) is 29.3 Å². The third kappa shape index (κ3) is 2.89. The summed E-state index contributed by atoms with van der Waals surface area (Å²) in [4.78, 5) is 14.8. The predicted molar refractivity (Wildman–Crippen MR) is 91.8 cm³/mol. The van der Waals surface area contributed by atoms with Crippen molar-refractivity contribution in [2.75, 3.05) is 19.7 Å². The lowest BCUT2D eigenvalue weighted by Crippen LogP contribution is -2.42. The SMILES string of the molecule is Cc1cc(C(=O)N2CCOC(c3ccccc3F)C2)c2[nH]ncc2c1. The zero-order chi connectivity index (χ0) is 17.4. The number of benzene rings is 2. The first-order valence-corrected chi connectivity index (χ1v) is 8.22. The first-order valence-electron chi connectivity index (χ1n) is 8.22. The Labute approximate surface area is 144 Å². The van der Waals surface area contributed by atoms with Crippen molar-refractivity contribution in [1.29, 1.82) is 0 Å². The number of aromatic nitrogens is 2. The van der Waals surface area contributed by atoms with Crippen molar-refractivity contribution < 1.29 is 13.9 Å². The minimum absolute atomic E-state index is 0.0948. The van der Waals surface area contributed by atoms with Crippen LogP contribution in [0.5, 0.6) is 0 Å². The highest BCUT2D eigenvalue weighted by molar-refractivity contribution is 6.05. The number of morpholine rings is 1. The highest BCUT2D eigenvalue weighted by atomic mass is 19.1. The number of aromatic amines is 1. The third-order valence-electron chi connectivity index (χ3n) is 4.53. The lowest BCUT2D eigenvalue weighted by Gasteiger charge is -2.33. The van der Waals surface area contributed by atoms with Gasteiger partial charge in [0, 0.05) is 17.5 Å². The normalized spacial score (nSPS) is 17.8. The molecule has 1 atom stereocenters. The van der Waals surface area contributed by atoms with Crippen molar-refractivity contribution in [3.05, 3.63) is 65.1 Å². The second-order valence-electron chi connectivity index (χ2n) is 6.28. The molecule has 0 aliphatic carbocycles. The van der Waals surface area contributed by atoms with Crippen LogP contribution in [-0.4, -0.2) is 40.7 Å². The first-order chi connectivity index (χ1) is 12.1. The lowest BCUT2D eigenvalue weighted by atomic mass is 10.0. The van der Waals surface area contributed by atoms with Crippen LogP contribution in [0.25, 0.3) is 10.9 Å². The number of aryl methyl sites for hydroxylation is 1. The molecule has 2 aromatic carbocycles. The number of hydrogen-bond acceptors (Lipinski definition) is 3. The van der Waals surface area contributed by atoms with Crippen LogP contribution in [0.3, 0.4) is 0 Å². The molecule has 25 heavy (non-hydrogen) atoms. The van der Waals surface area contributed by atoms with Gasteiger partial charge in [0.15, 0.2) is 0 Å². The zero-order valence-electron chi connectivity index (χ0n) is 13.8. The van der Waals surface area contributed by atoms with Crippen molar-refractivity contribution in [2.45, 2.75) is 13.0 Å². The van der Waals surface area contributed by atoms with E-state index in [1.807, 2.05) is 19.1 Å². The van der Waals surface area contributed by atoms with E-state index in [0.717, 1.165) is 16.5 Å². The average molecular weight is 339 g/mol. The Morgan fingerprint density at radius 2 is 2.20 bits per heavy atom. The van der Waals surface area contributed by atoms with Crippen LogP contribution in [0.15, 0.2) is 42.6 Å². The summed E-state index contributed by atoms with van der Waals surface area (Å²) >= 11 is 0. The molecule has 6 heteroatoms. The van der Waals surface area contributed by atoms with E-state index in [1.165, 1.54) is 6.07 Å². The molecule has 1 amide bonds. The number of rotatable bonds is 2. The molecule has 0 radical (unpaired) electrons. The molecular formula is C19H18FN3O2. The second-order valence-corrected chi connectivity index (χ2v) is 6.28. The molecule has 1 unspecified atom stereocenters. The van der Waals surface area contributed by atoms with Gasteiger partial charge in [0.1, 0.15) is 11.9 Å². The van der Waals surface area contributed by atoms with E-state index in [9.17, 15) is 9.18 Å². The number of amides is 1. The minimum Gasteiger partial charge on any atom is -0.370 e. The van der Waals surface area contributed by atoms with Crippen LogP contribution < -0.4 is 0 Å². The average Bonchev–Trinajstić information content (AvgIpc) is 3.09. The zero-order valence-corrected chi connectivity index (χ0v) is 13.8. The van der Waals surface area contributed by atoms with Gasteiger partial charge in [-0.1, -0.05) is 18.2 Å². The van der Waals surface area contributed by atoms with Crippen LogP contribution in [0.2, 0.25) is 0 Å². The van der Waals surface area contributed by atoms with Gasteiger partial charge in [0.25, 0.3) is 5.91 Å². The van der Waals surface area contributed by atoms with Gasteiger partial charge in [0.2, 0.25) is 0 Å². The summed E-state index contributed by atoms with van der Waals surface area (Å²) in [5.74, 6) is -0.407. The molecule has 1 aliphatic heterocycles. The summed E-state index contributed by atoms with van der Waals surface area (Å²) in [6.45, 7) is 3.13. The Balaban J connectivity index is 1.64. The van der Waals surface area contributed by atoms with Crippen molar-refractivity contribution in [3.8, 4) is 0 Å². The number of hydrogen-bond donors (Lipinski definition) is 1. The van der Waals surface area contributed by atoms with Crippen LogP contribution in [0, 0.1) is 12.7 Å². The molecule has 1 aromatic heterocycles. The van der Waals surface area contributed by atoms with Gasteiger partial charge in [-0.25, -0.2) is 4.39 Å². The molecule has 0 spiro atoms. The maximum absolute atomic E-state index is 14.0. The number of H-pyrrole nitrogens is 1. The number of ether oxygens (including phenoxy) is 1. The standard InChI is InChI=1S/C19H18FN3O2/c1-12-8-13-10-21-22-18(13)15(9-12)19(24)23-6-7-25-17(11-23)14-4-2-3-5-16(14)20/h2-5,8-10,17H,6-7,11H2,1H3,(H,21,22). The smallest absolute Gasteiger partial charge is 0.256 e. The molecule has 2 heterocycles. The van der Waals surface area contributed by atoms with E-state index in [-0.39, 0.29) is 11.7 Å². The maximum atomic E-state index is 14.0. The van der Waals surface area contributed by atoms with Crippen molar-refractivity contribution in [1.82, 2.24) is 15.1 Å². The fourth-order valence-corrected chi connectivity index (χ4v) is 3.30. The highest BCUT2D eigenvalue weighted by Crippen LogP contribution is 2.27.